The van der Waals surface area contributed by atoms with E-state index in [2.05, 4.69) is 14.8 Å². The average Bonchev–Trinajstić information content (AvgIpc) is 2.78. The highest BCUT2D eigenvalue weighted by atomic mass is 16.3. The number of benzene rings is 1. The molecule has 0 bridgehead atoms. The fourth-order valence-corrected chi connectivity index (χ4v) is 4.36. The molecule has 6 nitrogen and oxygen atoms in total. The van der Waals surface area contributed by atoms with Crippen LogP contribution in [0.1, 0.15) is 29.8 Å². The van der Waals surface area contributed by atoms with Crippen molar-refractivity contribution in [2.24, 2.45) is 0 Å². The van der Waals surface area contributed by atoms with Gasteiger partial charge in [0, 0.05) is 44.6 Å². The van der Waals surface area contributed by atoms with Crippen molar-refractivity contribution in [3.05, 3.63) is 88.0 Å². The molecule has 1 aromatic carbocycles. The van der Waals surface area contributed by atoms with Gasteiger partial charge in [0.2, 0.25) is 0 Å². The lowest BCUT2D eigenvalue weighted by molar-refractivity contribution is 0.207. The Bertz CT molecular complexity index is 1040. The maximum absolute atomic E-state index is 13.3. The Morgan fingerprint density at radius 3 is 2.37 bits per heavy atom. The van der Waals surface area contributed by atoms with Crippen LogP contribution in [0.25, 0.3) is 0 Å². The maximum atomic E-state index is 13.3. The molecule has 156 valence electrons. The summed E-state index contributed by atoms with van der Waals surface area (Å²) in [5, 5.41) is 10.8. The van der Waals surface area contributed by atoms with Crippen molar-refractivity contribution in [3.8, 4) is 5.75 Å². The van der Waals surface area contributed by atoms with Gasteiger partial charge in [0.1, 0.15) is 11.6 Å². The minimum atomic E-state index is -0.289. The molecule has 30 heavy (non-hydrogen) atoms. The van der Waals surface area contributed by atoms with E-state index >= 15 is 0 Å². The summed E-state index contributed by atoms with van der Waals surface area (Å²) in [5.41, 5.74) is 2.13. The van der Waals surface area contributed by atoms with E-state index in [4.69, 9.17) is 0 Å². The van der Waals surface area contributed by atoms with Gasteiger partial charge in [-0.05, 0) is 37.6 Å². The zero-order chi connectivity index (χ0) is 21.1. The van der Waals surface area contributed by atoms with Crippen molar-refractivity contribution in [1.82, 2.24) is 14.5 Å². The molecule has 1 fully saturated rings. The van der Waals surface area contributed by atoms with Gasteiger partial charge in [0.05, 0.1) is 11.6 Å². The predicted molar refractivity (Wildman–Crippen MR) is 119 cm³/mol. The van der Waals surface area contributed by atoms with Gasteiger partial charge in [-0.1, -0.05) is 36.4 Å². The maximum Gasteiger partial charge on any atom is 0.259 e. The quantitative estimate of drug-likeness (QED) is 0.708. The summed E-state index contributed by atoms with van der Waals surface area (Å²) in [7, 11) is 0. The summed E-state index contributed by atoms with van der Waals surface area (Å²) >= 11 is 0. The van der Waals surface area contributed by atoms with Crippen LogP contribution in [0.15, 0.2) is 65.6 Å². The Balaban J connectivity index is 1.71. The first-order valence-electron chi connectivity index (χ1n) is 10.5. The van der Waals surface area contributed by atoms with Crippen molar-refractivity contribution in [2.45, 2.75) is 26.4 Å². The van der Waals surface area contributed by atoms with Crippen LogP contribution in [0.4, 0.5) is 5.82 Å². The van der Waals surface area contributed by atoms with Crippen molar-refractivity contribution >= 4 is 5.82 Å². The topological polar surface area (TPSA) is 61.6 Å². The van der Waals surface area contributed by atoms with Crippen LogP contribution in [0.2, 0.25) is 0 Å². The highest BCUT2D eigenvalue weighted by Crippen LogP contribution is 2.33. The minimum absolute atomic E-state index is 0.0724. The number of rotatable bonds is 5. The zero-order valence-electron chi connectivity index (χ0n) is 17.5. The van der Waals surface area contributed by atoms with Crippen LogP contribution in [-0.4, -0.2) is 45.7 Å². The molecule has 3 heterocycles. The molecule has 2 aromatic heterocycles. The first kappa shape index (κ1) is 20.2. The van der Waals surface area contributed by atoms with E-state index < -0.39 is 0 Å². The Morgan fingerprint density at radius 1 is 1.03 bits per heavy atom. The van der Waals surface area contributed by atoms with Gasteiger partial charge in [-0.15, -0.1) is 0 Å². The van der Waals surface area contributed by atoms with E-state index in [0.29, 0.717) is 12.1 Å². The molecule has 0 spiro atoms. The number of aromatic hydroxyl groups is 1. The van der Waals surface area contributed by atoms with Crippen molar-refractivity contribution in [3.63, 3.8) is 0 Å². The Hall–Kier alpha value is -3.12. The second-order valence-corrected chi connectivity index (χ2v) is 7.66. The van der Waals surface area contributed by atoms with Gasteiger partial charge < -0.3 is 14.6 Å². The van der Waals surface area contributed by atoms with E-state index in [0.717, 1.165) is 43.3 Å². The second-order valence-electron chi connectivity index (χ2n) is 7.66. The van der Waals surface area contributed by atoms with Gasteiger partial charge >= 0.3 is 0 Å². The first-order valence-corrected chi connectivity index (χ1v) is 10.5. The van der Waals surface area contributed by atoms with E-state index in [9.17, 15) is 9.90 Å². The Kier molecular flexibility index (Phi) is 5.86. The predicted octanol–water partition coefficient (Wildman–Crippen LogP) is 3.19. The molecule has 1 atom stereocenters. The smallest absolute Gasteiger partial charge is 0.259 e. The lowest BCUT2D eigenvalue weighted by Crippen LogP contribution is -2.49. The largest absolute Gasteiger partial charge is 0.507 e. The summed E-state index contributed by atoms with van der Waals surface area (Å²) < 4.78 is 1.73. The Labute approximate surface area is 177 Å². The lowest BCUT2D eigenvalue weighted by Gasteiger charge is -2.40. The standard InChI is InChI=1S/C24H28N4O2/c1-3-28-18(2)17-20(29)22(24(28)30)23(19-9-5-4-6-10-19)27-15-13-26(14-16-27)21-11-7-8-12-25-21/h4-12,17,23,29H,3,13-16H2,1-2H3/t23-/m0/s1. The molecule has 0 amide bonds. The second kappa shape index (κ2) is 8.71. The zero-order valence-corrected chi connectivity index (χ0v) is 17.5. The fourth-order valence-electron chi connectivity index (χ4n) is 4.36. The molecule has 1 N–H and O–H groups in total. The van der Waals surface area contributed by atoms with Crippen molar-refractivity contribution < 1.29 is 5.11 Å². The molecule has 1 aliphatic rings. The van der Waals surface area contributed by atoms with Gasteiger partial charge in [0.15, 0.2) is 0 Å². The minimum Gasteiger partial charge on any atom is -0.507 e. The highest BCUT2D eigenvalue weighted by molar-refractivity contribution is 5.42. The monoisotopic (exact) mass is 404 g/mol. The van der Waals surface area contributed by atoms with Crippen molar-refractivity contribution in [2.75, 3.05) is 31.1 Å². The first-order chi connectivity index (χ1) is 14.6. The molecule has 6 heteroatoms. The van der Waals surface area contributed by atoms with E-state index in [1.54, 1.807) is 10.6 Å². The van der Waals surface area contributed by atoms with Gasteiger partial charge in [-0.2, -0.15) is 0 Å². The van der Waals surface area contributed by atoms with Crippen LogP contribution in [-0.2, 0) is 6.54 Å². The average molecular weight is 405 g/mol. The fraction of sp³-hybridized carbons (Fsp3) is 0.333. The molecule has 0 unspecified atom stereocenters. The number of aryl methyl sites for hydroxylation is 1. The molecular weight excluding hydrogens is 376 g/mol. The van der Waals surface area contributed by atoms with E-state index in [-0.39, 0.29) is 17.4 Å². The third kappa shape index (κ3) is 3.83. The summed E-state index contributed by atoms with van der Waals surface area (Å²) in [6, 6.07) is 17.4. The van der Waals surface area contributed by atoms with Crippen LogP contribution in [0, 0.1) is 6.92 Å². The molecule has 3 aromatic rings. The van der Waals surface area contributed by atoms with E-state index in [1.807, 2.05) is 68.6 Å². The number of nitrogens with zero attached hydrogens (tertiary/aromatic N) is 4. The van der Waals surface area contributed by atoms with Crippen LogP contribution < -0.4 is 10.5 Å². The molecule has 0 aliphatic carbocycles. The summed E-state index contributed by atoms with van der Waals surface area (Å²) in [6.45, 7) is 7.57. The van der Waals surface area contributed by atoms with Crippen LogP contribution in [0.5, 0.6) is 5.75 Å². The van der Waals surface area contributed by atoms with Gasteiger partial charge in [0.25, 0.3) is 5.56 Å². The summed E-state index contributed by atoms with van der Waals surface area (Å²) in [4.78, 5) is 22.4. The molecule has 4 rings (SSSR count). The molecule has 0 saturated carbocycles. The van der Waals surface area contributed by atoms with Crippen LogP contribution >= 0.6 is 0 Å². The van der Waals surface area contributed by atoms with Gasteiger partial charge in [-0.25, -0.2) is 4.98 Å². The summed E-state index contributed by atoms with van der Waals surface area (Å²) in [5.74, 6) is 1.04. The normalized spacial score (nSPS) is 15.9. The highest BCUT2D eigenvalue weighted by Gasteiger charge is 2.31. The third-order valence-corrected chi connectivity index (χ3v) is 5.88. The SMILES string of the molecule is CCn1c(C)cc(O)c([C@H](c2ccccc2)N2CCN(c3ccccn3)CC2)c1=O. The number of aromatic nitrogens is 2. The van der Waals surface area contributed by atoms with Crippen molar-refractivity contribution in [1.29, 1.82) is 0 Å². The summed E-state index contributed by atoms with van der Waals surface area (Å²) in [6.07, 6.45) is 1.81. The number of hydrogen-bond acceptors (Lipinski definition) is 5. The number of piperazine rings is 1. The molecule has 1 aliphatic heterocycles. The molecule has 1 saturated heterocycles. The number of anilines is 1. The molecule has 0 radical (unpaired) electrons. The third-order valence-electron chi connectivity index (χ3n) is 5.88. The number of pyridine rings is 2. The molecular formula is C24H28N4O2. The lowest BCUT2D eigenvalue weighted by atomic mass is 9.96. The van der Waals surface area contributed by atoms with E-state index in [1.165, 1.54) is 0 Å². The number of hydrogen-bond donors (Lipinski definition) is 1. The van der Waals surface area contributed by atoms with Crippen LogP contribution in [0.3, 0.4) is 0 Å². The van der Waals surface area contributed by atoms with Gasteiger partial charge in [-0.3, -0.25) is 9.69 Å². The Morgan fingerprint density at radius 2 is 1.73 bits per heavy atom.